The summed E-state index contributed by atoms with van der Waals surface area (Å²) in [7, 11) is -3.62. The quantitative estimate of drug-likeness (QED) is 0.431. The van der Waals surface area contributed by atoms with Crippen molar-refractivity contribution in [2.45, 2.75) is 31.3 Å². The smallest absolute Gasteiger partial charge is 0.254 e. The Bertz CT molecular complexity index is 1530. The van der Waals surface area contributed by atoms with Crippen molar-refractivity contribution in [2.24, 2.45) is 0 Å². The molecule has 2 heterocycles. The van der Waals surface area contributed by atoms with Gasteiger partial charge >= 0.3 is 0 Å². The molecule has 5 rings (SSSR count). The molecule has 7 nitrogen and oxygen atoms in total. The third kappa shape index (κ3) is 4.96. The number of amides is 1. The van der Waals surface area contributed by atoms with Crippen LogP contribution in [0, 0.1) is 0 Å². The monoisotopic (exact) mass is 501 g/mol. The summed E-state index contributed by atoms with van der Waals surface area (Å²) in [6.45, 7) is 4.71. The lowest BCUT2D eigenvalue weighted by Gasteiger charge is -2.20. The van der Waals surface area contributed by atoms with Crippen molar-refractivity contribution in [3.63, 3.8) is 0 Å². The summed E-state index contributed by atoms with van der Waals surface area (Å²) >= 11 is 0. The van der Waals surface area contributed by atoms with Crippen molar-refractivity contribution in [3.8, 4) is 16.9 Å². The molecule has 0 atom stereocenters. The number of carbonyl (C=O) groups excluding carboxylic acids is 1. The molecule has 0 aliphatic carbocycles. The number of ether oxygens (including phenoxy) is 1. The topological polar surface area (TPSA) is 88.6 Å². The van der Waals surface area contributed by atoms with Crippen molar-refractivity contribution in [2.75, 3.05) is 13.2 Å². The van der Waals surface area contributed by atoms with Crippen molar-refractivity contribution in [1.29, 1.82) is 0 Å². The summed E-state index contributed by atoms with van der Waals surface area (Å²) in [5.74, 6) is 0.578. The number of pyridine rings is 1. The molecule has 0 saturated heterocycles. The summed E-state index contributed by atoms with van der Waals surface area (Å²) in [6.07, 6.45) is 1.86. The molecule has 1 N–H and O–H groups in total. The zero-order valence-corrected chi connectivity index (χ0v) is 21.0. The number of rotatable bonds is 5. The van der Waals surface area contributed by atoms with E-state index in [4.69, 9.17) is 4.74 Å². The van der Waals surface area contributed by atoms with Gasteiger partial charge in [0, 0.05) is 40.9 Å². The first-order valence-electron chi connectivity index (χ1n) is 11.8. The van der Waals surface area contributed by atoms with Gasteiger partial charge in [0.25, 0.3) is 5.91 Å². The van der Waals surface area contributed by atoms with E-state index in [0.29, 0.717) is 25.3 Å². The van der Waals surface area contributed by atoms with Crippen LogP contribution in [0.2, 0.25) is 0 Å². The highest BCUT2D eigenvalue weighted by molar-refractivity contribution is 7.89. The van der Waals surface area contributed by atoms with Crippen LogP contribution >= 0.6 is 0 Å². The van der Waals surface area contributed by atoms with E-state index in [1.165, 1.54) is 12.1 Å². The molecule has 0 bridgehead atoms. The van der Waals surface area contributed by atoms with E-state index in [1.807, 2.05) is 48.7 Å². The lowest BCUT2D eigenvalue weighted by molar-refractivity contribution is 0.0733. The van der Waals surface area contributed by atoms with Crippen LogP contribution in [0.15, 0.2) is 83.9 Å². The maximum Gasteiger partial charge on any atom is 0.254 e. The van der Waals surface area contributed by atoms with E-state index in [1.54, 1.807) is 30.9 Å². The van der Waals surface area contributed by atoms with Crippen molar-refractivity contribution in [1.82, 2.24) is 14.6 Å². The fourth-order valence-electron chi connectivity index (χ4n) is 4.31. The van der Waals surface area contributed by atoms with Gasteiger partial charge in [-0.2, -0.15) is 0 Å². The molecule has 0 unspecified atom stereocenters. The number of nitrogens with one attached hydrogen (secondary N) is 1. The number of aromatic nitrogens is 1. The summed E-state index contributed by atoms with van der Waals surface area (Å²) in [6, 6.07) is 21.9. The van der Waals surface area contributed by atoms with Gasteiger partial charge in [-0.25, -0.2) is 13.1 Å². The number of fused-ring (bicyclic) bond motifs is 2. The molecule has 8 heteroatoms. The van der Waals surface area contributed by atoms with Crippen molar-refractivity contribution >= 4 is 26.8 Å². The first kappa shape index (κ1) is 24.0. The molecule has 184 valence electrons. The van der Waals surface area contributed by atoms with Crippen LogP contribution < -0.4 is 9.46 Å². The minimum absolute atomic E-state index is 0.130. The maximum atomic E-state index is 13.3. The number of carbonyl (C=O) groups is 1. The minimum Gasteiger partial charge on any atom is -0.491 e. The van der Waals surface area contributed by atoms with Gasteiger partial charge in [-0.15, -0.1) is 0 Å². The predicted octanol–water partition coefficient (Wildman–Crippen LogP) is 4.62. The highest BCUT2D eigenvalue weighted by atomic mass is 32.2. The molecule has 1 amide bonds. The molecule has 36 heavy (non-hydrogen) atoms. The van der Waals surface area contributed by atoms with Gasteiger partial charge in [-0.05, 0) is 67.9 Å². The Kier molecular flexibility index (Phi) is 6.47. The molecule has 3 aromatic carbocycles. The fraction of sp³-hybridized carbons (Fsp3) is 0.214. The van der Waals surface area contributed by atoms with Crippen LogP contribution in [0.5, 0.6) is 5.75 Å². The standard InChI is InChI=1S/C28H27N3O4S/c1-19(2)30-36(33,34)25-10-7-20(8-11-25)28(32)31-13-14-35-27-12-9-21(15-24(27)18-31)23-16-22-5-3-4-6-26(22)29-17-23/h3-12,15-17,19,30H,13-14,18H2,1-2H3. The molecule has 1 aromatic heterocycles. The molecule has 0 fully saturated rings. The minimum atomic E-state index is -3.62. The first-order chi connectivity index (χ1) is 17.3. The van der Waals surface area contributed by atoms with Crippen molar-refractivity contribution in [3.05, 3.63) is 90.1 Å². The van der Waals surface area contributed by atoms with Gasteiger partial charge in [0.15, 0.2) is 0 Å². The SMILES string of the molecule is CC(C)NS(=O)(=O)c1ccc(C(=O)N2CCOc3ccc(-c4cnc5ccccc5c4)cc3C2)cc1. The number of hydrogen-bond acceptors (Lipinski definition) is 5. The number of para-hydroxylation sites is 1. The Hall–Kier alpha value is -3.75. The van der Waals surface area contributed by atoms with E-state index in [9.17, 15) is 13.2 Å². The largest absolute Gasteiger partial charge is 0.491 e. The zero-order valence-electron chi connectivity index (χ0n) is 20.1. The Labute approximate surface area is 210 Å². The van der Waals surface area contributed by atoms with E-state index >= 15 is 0 Å². The Morgan fingerprint density at radius 3 is 2.56 bits per heavy atom. The average Bonchev–Trinajstić information content (AvgIpc) is 3.09. The summed E-state index contributed by atoms with van der Waals surface area (Å²) in [4.78, 5) is 19.7. The molecular formula is C28H27N3O4S. The number of benzene rings is 3. The second-order valence-electron chi connectivity index (χ2n) is 9.11. The highest BCUT2D eigenvalue weighted by Crippen LogP contribution is 2.30. The van der Waals surface area contributed by atoms with E-state index in [-0.39, 0.29) is 16.8 Å². The summed E-state index contributed by atoms with van der Waals surface area (Å²) in [5.41, 5.74) is 4.26. The Morgan fingerprint density at radius 2 is 1.78 bits per heavy atom. The molecule has 0 spiro atoms. The number of hydrogen-bond donors (Lipinski definition) is 1. The zero-order chi connectivity index (χ0) is 25.3. The van der Waals surface area contributed by atoms with Crippen LogP contribution in [0.4, 0.5) is 0 Å². The Morgan fingerprint density at radius 1 is 1.00 bits per heavy atom. The summed E-state index contributed by atoms with van der Waals surface area (Å²) < 4.78 is 33.3. The van der Waals surface area contributed by atoms with Gasteiger partial charge in [-0.1, -0.05) is 24.3 Å². The molecule has 0 radical (unpaired) electrons. The van der Waals surface area contributed by atoms with Gasteiger partial charge in [0.1, 0.15) is 12.4 Å². The van der Waals surface area contributed by atoms with Crippen LogP contribution in [-0.4, -0.2) is 43.4 Å². The van der Waals surface area contributed by atoms with E-state index in [0.717, 1.165) is 33.3 Å². The summed E-state index contributed by atoms with van der Waals surface area (Å²) in [5, 5.41) is 1.06. The molecule has 1 aliphatic rings. The highest BCUT2D eigenvalue weighted by Gasteiger charge is 2.23. The molecule has 0 saturated carbocycles. The van der Waals surface area contributed by atoms with E-state index in [2.05, 4.69) is 15.8 Å². The van der Waals surface area contributed by atoms with Crippen LogP contribution in [-0.2, 0) is 16.6 Å². The van der Waals surface area contributed by atoms with Gasteiger partial charge in [-0.3, -0.25) is 9.78 Å². The average molecular weight is 502 g/mol. The van der Waals surface area contributed by atoms with E-state index < -0.39 is 10.0 Å². The van der Waals surface area contributed by atoms with Crippen molar-refractivity contribution < 1.29 is 17.9 Å². The predicted molar refractivity (Wildman–Crippen MR) is 139 cm³/mol. The normalized spacial score (nSPS) is 13.8. The second-order valence-corrected chi connectivity index (χ2v) is 10.8. The maximum absolute atomic E-state index is 13.3. The molecule has 4 aromatic rings. The fourth-order valence-corrected chi connectivity index (χ4v) is 5.56. The van der Waals surface area contributed by atoms with Gasteiger partial charge < -0.3 is 9.64 Å². The molecule has 1 aliphatic heterocycles. The third-order valence-corrected chi connectivity index (χ3v) is 7.73. The van der Waals surface area contributed by atoms with Crippen LogP contribution in [0.25, 0.3) is 22.0 Å². The van der Waals surface area contributed by atoms with Crippen LogP contribution in [0.1, 0.15) is 29.8 Å². The third-order valence-electron chi connectivity index (χ3n) is 6.05. The van der Waals surface area contributed by atoms with Gasteiger partial charge in [0.2, 0.25) is 10.0 Å². The lowest BCUT2D eigenvalue weighted by atomic mass is 10.0. The van der Waals surface area contributed by atoms with Crippen LogP contribution in [0.3, 0.4) is 0 Å². The first-order valence-corrected chi connectivity index (χ1v) is 13.3. The lowest BCUT2D eigenvalue weighted by Crippen LogP contribution is -2.32. The van der Waals surface area contributed by atoms with Gasteiger partial charge in [0.05, 0.1) is 17.0 Å². The Balaban J connectivity index is 1.39. The number of sulfonamides is 1. The second kappa shape index (κ2) is 9.72. The molecular weight excluding hydrogens is 474 g/mol. The number of nitrogens with zero attached hydrogens (tertiary/aromatic N) is 2.